The maximum Gasteiger partial charge on any atom is 0.168 e. The van der Waals surface area contributed by atoms with Gasteiger partial charge in [-0.3, -0.25) is 4.79 Å². The Labute approximate surface area is 115 Å². The minimum atomic E-state index is -0.453. The van der Waals surface area contributed by atoms with Crippen LogP contribution < -0.4 is 4.74 Å². The average Bonchev–Trinajstić information content (AvgIpc) is 2.39. The maximum absolute atomic E-state index is 12.9. The molecular weight excluding hydrogens is 267 g/mol. The highest BCUT2D eigenvalue weighted by Crippen LogP contribution is 2.20. The fraction of sp³-hybridized carbons (Fsp3) is 0.133. The largest absolute Gasteiger partial charge is 0.497 e. The van der Waals surface area contributed by atoms with Crippen molar-refractivity contribution in [2.45, 2.75) is 6.42 Å². The van der Waals surface area contributed by atoms with E-state index in [0.29, 0.717) is 5.56 Å². The predicted molar refractivity (Wildman–Crippen MR) is 72.4 cm³/mol. The van der Waals surface area contributed by atoms with Crippen LogP contribution in [0.2, 0.25) is 5.02 Å². The third-order valence-corrected chi connectivity index (χ3v) is 3.07. The minimum absolute atomic E-state index is 0.138. The first kappa shape index (κ1) is 13.6. The highest BCUT2D eigenvalue weighted by molar-refractivity contribution is 6.34. The normalized spacial score (nSPS) is 10.3. The number of hydrogen-bond acceptors (Lipinski definition) is 2. The molecule has 0 saturated carbocycles. The Kier molecular flexibility index (Phi) is 4.17. The molecule has 0 N–H and O–H groups in total. The molecule has 0 aliphatic carbocycles. The lowest BCUT2D eigenvalue weighted by molar-refractivity contribution is 0.0993. The molecule has 0 fully saturated rings. The molecule has 2 aromatic rings. The second-order valence-corrected chi connectivity index (χ2v) is 4.48. The van der Waals surface area contributed by atoms with Gasteiger partial charge in [0, 0.05) is 12.0 Å². The predicted octanol–water partition coefficient (Wildman–Crippen LogP) is 3.91. The van der Waals surface area contributed by atoms with Crippen molar-refractivity contribution in [1.29, 1.82) is 0 Å². The van der Waals surface area contributed by atoms with Gasteiger partial charge in [-0.05, 0) is 35.9 Å². The van der Waals surface area contributed by atoms with Gasteiger partial charge in [-0.15, -0.1) is 0 Å². The van der Waals surface area contributed by atoms with Crippen LogP contribution in [0.1, 0.15) is 15.9 Å². The lowest BCUT2D eigenvalue weighted by atomic mass is 10.0. The van der Waals surface area contributed by atoms with E-state index < -0.39 is 5.82 Å². The molecule has 4 heteroatoms. The molecule has 0 spiro atoms. The number of ether oxygens (including phenoxy) is 1. The molecule has 0 unspecified atom stereocenters. The number of benzene rings is 2. The van der Waals surface area contributed by atoms with Crippen molar-refractivity contribution in [3.8, 4) is 5.75 Å². The lowest BCUT2D eigenvalue weighted by Crippen LogP contribution is -2.04. The van der Waals surface area contributed by atoms with Crippen LogP contribution in [0, 0.1) is 5.82 Å². The SMILES string of the molecule is COc1ccc(CC(=O)c2ccc(F)cc2Cl)cc1. The van der Waals surface area contributed by atoms with Crippen LogP contribution in [0.4, 0.5) is 4.39 Å². The number of carbonyl (C=O) groups is 1. The molecule has 0 radical (unpaired) electrons. The van der Waals surface area contributed by atoms with E-state index in [9.17, 15) is 9.18 Å². The van der Waals surface area contributed by atoms with Crippen LogP contribution in [0.5, 0.6) is 5.75 Å². The third kappa shape index (κ3) is 3.32. The second-order valence-electron chi connectivity index (χ2n) is 4.07. The molecule has 98 valence electrons. The van der Waals surface area contributed by atoms with E-state index in [1.165, 1.54) is 12.1 Å². The van der Waals surface area contributed by atoms with E-state index in [1.54, 1.807) is 19.2 Å². The van der Waals surface area contributed by atoms with Gasteiger partial charge >= 0.3 is 0 Å². The zero-order valence-corrected chi connectivity index (χ0v) is 11.1. The van der Waals surface area contributed by atoms with Crippen LogP contribution in [-0.2, 0) is 6.42 Å². The first-order chi connectivity index (χ1) is 9.10. The monoisotopic (exact) mass is 278 g/mol. The number of halogens is 2. The Morgan fingerprint density at radius 2 is 1.89 bits per heavy atom. The van der Waals surface area contributed by atoms with Crippen molar-refractivity contribution in [2.24, 2.45) is 0 Å². The second kappa shape index (κ2) is 5.85. The summed E-state index contributed by atoms with van der Waals surface area (Å²) in [6, 6.07) is 11.0. The minimum Gasteiger partial charge on any atom is -0.497 e. The standard InChI is InChI=1S/C15H12ClFO2/c1-19-12-5-2-10(3-6-12)8-15(18)13-7-4-11(17)9-14(13)16/h2-7,9H,8H2,1H3. The van der Waals surface area contributed by atoms with Crippen molar-refractivity contribution in [2.75, 3.05) is 7.11 Å². The molecule has 2 nitrogen and oxygen atoms in total. The molecule has 0 bridgehead atoms. The summed E-state index contributed by atoms with van der Waals surface area (Å²) in [6.07, 6.45) is 0.218. The molecule has 2 aromatic carbocycles. The average molecular weight is 279 g/mol. The first-order valence-electron chi connectivity index (χ1n) is 5.71. The van der Waals surface area contributed by atoms with E-state index >= 15 is 0 Å². The van der Waals surface area contributed by atoms with Gasteiger partial charge in [-0.2, -0.15) is 0 Å². The molecule has 0 atom stereocenters. The first-order valence-corrected chi connectivity index (χ1v) is 6.09. The summed E-state index contributed by atoms with van der Waals surface area (Å²) in [5.41, 5.74) is 1.19. The Balaban J connectivity index is 2.15. The van der Waals surface area contributed by atoms with E-state index in [-0.39, 0.29) is 17.2 Å². The van der Waals surface area contributed by atoms with Gasteiger partial charge in [-0.1, -0.05) is 23.7 Å². The maximum atomic E-state index is 12.9. The number of hydrogen-bond donors (Lipinski definition) is 0. The Bertz CT molecular complexity index is 594. The molecule has 0 aliphatic rings. The third-order valence-electron chi connectivity index (χ3n) is 2.76. The van der Waals surface area contributed by atoms with Gasteiger partial charge in [0.05, 0.1) is 12.1 Å². The quantitative estimate of drug-likeness (QED) is 0.793. The van der Waals surface area contributed by atoms with Gasteiger partial charge in [0.15, 0.2) is 5.78 Å². The molecule has 0 aromatic heterocycles. The smallest absolute Gasteiger partial charge is 0.168 e. The van der Waals surface area contributed by atoms with E-state index in [1.807, 2.05) is 12.1 Å². The molecule has 0 saturated heterocycles. The number of Topliss-reactive ketones (excluding diaryl/α,β-unsaturated/α-hetero) is 1. The number of carbonyl (C=O) groups excluding carboxylic acids is 1. The van der Waals surface area contributed by atoms with Crippen molar-refractivity contribution >= 4 is 17.4 Å². The van der Waals surface area contributed by atoms with Gasteiger partial charge in [0.25, 0.3) is 0 Å². The van der Waals surface area contributed by atoms with Crippen LogP contribution in [0.15, 0.2) is 42.5 Å². The van der Waals surface area contributed by atoms with E-state index in [0.717, 1.165) is 17.4 Å². The molecule has 0 amide bonds. The summed E-state index contributed by atoms with van der Waals surface area (Å²) in [7, 11) is 1.58. The summed E-state index contributed by atoms with van der Waals surface area (Å²) in [4.78, 5) is 12.1. The van der Waals surface area contributed by atoms with Crippen LogP contribution in [0.25, 0.3) is 0 Å². The molecule has 0 heterocycles. The highest BCUT2D eigenvalue weighted by Gasteiger charge is 2.11. The van der Waals surface area contributed by atoms with Gasteiger partial charge in [0.1, 0.15) is 11.6 Å². The van der Waals surface area contributed by atoms with Gasteiger partial charge in [-0.25, -0.2) is 4.39 Å². The summed E-state index contributed by atoms with van der Waals surface area (Å²) in [5, 5.41) is 0.138. The zero-order chi connectivity index (χ0) is 13.8. The molecule has 19 heavy (non-hydrogen) atoms. The Hall–Kier alpha value is -1.87. The molecule has 0 aliphatic heterocycles. The Morgan fingerprint density at radius 3 is 2.47 bits per heavy atom. The van der Waals surface area contributed by atoms with Crippen molar-refractivity contribution < 1.29 is 13.9 Å². The molecular formula is C15H12ClFO2. The molecule has 2 rings (SSSR count). The fourth-order valence-corrected chi connectivity index (χ4v) is 2.01. The highest BCUT2D eigenvalue weighted by atomic mass is 35.5. The van der Waals surface area contributed by atoms with Crippen molar-refractivity contribution in [3.05, 3.63) is 64.4 Å². The topological polar surface area (TPSA) is 26.3 Å². The summed E-state index contributed by atoms with van der Waals surface area (Å²) >= 11 is 5.86. The fourth-order valence-electron chi connectivity index (χ4n) is 1.74. The summed E-state index contributed by atoms with van der Waals surface area (Å²) in [6.45, 7) is 0. The van der Waals surface area contributed by atoms with E-state index in [2.05, 4.69) is 0 Å². The van der Waals surface area contributed by atoms with Crippen LogP contribution in [0.3, 0.4) is 0 Å². The summed E-state index contributed by atoms with van der Waals surface area (Å²) in [5.74, 6) is 0.136. The van der Waals surface area contributed by atoms with Crippen molar-refractivity contribution in [3.63, 3.8) is 0 Å². The van der Waals surface area contributed by atoms with Gasteiger partial charge < -0.3 is 4.74 Å². The van der Waals surface area contributed by atoms with Crippen LogP contribution >= 0.6 is 11.6 Å². The summed E-state index contributed by atoms with van der Waals surface area (Å²) < 4.78 is 18.0. The number of methoxy groups -OCH3 is 1. The van der Waals surface area contributed by atoms with Crippen LogP contribution in [-0.4, -0.2) is 12.9 Å². The number of ketones is 1. The van der Waals surface area contributed by atoms with E-state index in [4.69, 9.17) is 16.3 Å². The van der Waals surface area contributed by atoms with Crippen molar-refractivity contribution in [1.82, 2.24) is 0 Å². The Morgan fingerprint density at radius 1 is 1.21 bits per heavy atom. The van der Waals surface area contributed by atoms with Gasteiger partial charge in [0.2, 0.25) is 0 Å². The lowest BCUT2D eigenvalue weighted by Gasteiger charge is -2.05. The zero-order valence-electron chi connectivity index (χ0n) is 10.3. The number of rotatable bonds is 4.